The van der Waals surface area contributed by atoms with Gasteiger partial charge in [-0.1, -0.05) is 75.6 Å². The van der Waals surface area contributed by atoms with Gasteiger partial charge >= 0.3 is 0 Å². The molecule has 2 aliphatic carbocycles. The highest BCUT2D eigenvalue weighted by molar-refractivity contribution is 5.98. The minimum atomic E-state index is -0.837. The van der Waals surface area contributed by atoms with E-state index in [1.165, 1.54) is 34.7 Å². The minimum Gasteiger partial charge on any atom is -0.512 e. The van der Waals surface area contributed by atoms with E-state index in [0.717, 1.165) is 36.9 Å². The van der Waals surface area contributed by atoms with Crippen LogP contribution in [0.4, 0.5) is 0 Å². The van der Waals surface area contributed by atoms with Crippen molar-refractivity contribution in [1.82, 2.24) is 5.32 Å². The van der Waals surface area contributed by atoms with Crippen molar-refractivity contribution in [2.24, 2.45) is 16.8 Å². The van der Waals surface area contributed by atoms with Gasteiger partial charge in [0.1, 0.15) is 11.9 Å². The summed E-state index contributed by atoms with van der Waals surface area (Å²) in [6, 6.07) is 11.0. The molecule has 5 nitrogen and oxygen atoms in total. The second kappa shape index (κ2) is 11.4. The van der Waals surface area contributed by atoms with Crippen LogP contribution in [0.2, 0.25) is 0 Å². The van der Waals surface area contributed by atoms with Crippen molar-refractivity contribution in [3.63, 3.8) is 0 Å². The Labute approximate surface area is 220 Å². The van der Waals surface area contributed by atoms with Crippen LogP contribution < -0.4 is 5.32 Å². The van der Waals surface area contributed by atoms with Crippen LogP contribution in [-0.4, -0.2) is 35.0 Å². The number of unbranched alkanes of at least 4 members (excludes halogenated alkanes) is 1. The second-order valence-electron chi connectivity index (χ2n) is 10.4. The molecule has 3 N–H and O–H groups in total. The van der Waals surface area contributed by atoms with E-state index < -0.39 is 18.2 Å². The van der Waals surface area contributed by atoms with Crippen molar-refractivity contribution in [3.05, 3.63) is 83.2 Å². The molecule has 1 aliphatic heterocycles. The lowest BCUT2D eigenvalue weighted by molar-refractivity contribution is 0.116. The highest BCUT2D eigenvalue weighted by atomic mass is 16.5. The van der Waals surface area contributed by atoms with Gasteiger partial charge in [-0.15, -0.1) is 0 Å². The zero-order chi connectivity index (χ0) is 25.8. The first-order valence-electron chi connectivity index (χ1n) is 13.7. The molecule has 3 aliphatic rings. The van der Waals surface area contributed by atoms with E-state index in [9.17, 15) is 10.2 Å². The van der Waals surface area contributed by atoms with Crippen LogP contribution in [0.25, 0.3) is 22.5 Å². The Morgan fingerprint density at radius 3 is 2.86 bits per heavy atom. The monoisotopic (exact) mass is 498 g/mol. The predicted molar refractivity (Wildman–Crippen MR) is 152 cm³/mol. The molecule has 4 atom stereocenters. The number of nitrogens with zero attached hydrogens (tertiary/aromatic N) is 1. The van der Waals surface area contributed by atoms with E-state index in [2.05, 4.69) is 61.6 Å². The molecule has 0 radical (unpaired) electrons. The number of hydrogen-bond donors (Lipinski definition) is 3. The SMILES string of the molecule is CCCCC(CC)COC1=NC(C2C(O)=CC=CC2O)NC(c2ccc3cc4c(cc3c2)CCC=C4)=C1. The van der Waals surface area contributed by atoms with Crippen molar-refractivity contribution < 1.29 is 14.9 Å². The van der Waals surface area contributed by atoms with Gasteiger partial charge in [0.15, 0.2) is 0 Å². The van der Waals surface area contributed by atoms with E-state index >= 15 is 0 Å². The Hall–Kier alpha value is -3.31. The van der Waals surface area contributed by atoms with E-state index in [1.807, 2.05) is 6.08 Å². The molecule has 0 spiro atoms. The maximum absolute atomic E-state index is 10.7. The fourth-order valence-corrected chi connectivity index (χ4v) is 5.42. The summed E-state index contributed by atoms with van der Waals surface area (Å²) in [7, 11) is 0. The summed E-state index contributed by atoms with van der Waals surface area (Å²) < 4.78 is 6.26. The van der Waals surface area contributed by atoms with Gasteiger partial charge in [0.25, 0.3) is 0 Å². The number of nitrogens with one attached hydrogen (secondary N) is 1. The second-order valence-corrected chi connectivity index (χ2v) is 10.4. The number of ether oxygens (including phenoxy) is 1. The Balaban J connectivity index is 1.46. The number of aryl methyl sites for hydroxylation is 1. The topological polar surface area (TPSA) is 74.1 Å². The molecule has 0 saturated heterocycles. The molecule has 0 amide bonds. The zero-order valence-electron chi connectivity index (χ0n) is 21.9. The number of aliphatic imine (C=N–C) groups is 1. The van der Waals surface area contributed by atoms with Gasteiger partial charge in [-0.05, 0) is 70.9 Å². The molecule has 0 saturated carbocycles. The number of hydrogen-bond acceptors (Lipinski definition) is 5. The molecule has 1 heterocycles. The molecular formula is C32H38N2O3. The fourth-order valence-electron chi connectivity index (χ4n) is 5.42. The molecule has 0 fully saturated rings. The Morgan fingerprint density at radius 1 is 1.16 bits per heavy atom. The van der Waals surface area contributed by atoms with Crippen molar-refractivity contribution in [1.29, 1.82) is 0 Å². The molecule has 5 rings (SSSR count). The van der Waals surface area contributed by atoms with Crippen LogP contribution in [0, 0.1) is 11.8 Å². The standard InChI is InChI=1S/C32H38N2O3/c1-3-5-9-21(4-2)20-37-30-19-27(33-32(34-30)31-28(35)12-8-13-29(31)36)25-15-14-24-16-22-10-6-7-11-23(22)17-26(24)18-25/h6,8,10,12-19,21,28,31-33,35-36H,3-5,7,9,11,20H2,1-2H3. The highest BCUT2D eigenvalue weighted by Gasteiger charge is 2.34. The zero-order valence-corrected chi connectivity index (χ0v) is 21.9. The summed E-state index contributed by atoms with van der Waals surface area (Å²) in [5.41, 5.74) is 4.60. The summed E-state index contributed by atoms with van der Waals surface area (Å²) in [4.78, 5) is 4.79. The van der Waals surface area contributed by atoms with E-state index in [0.29, 0.717) is 18.4 Å². The first-order valence-corrected chi connectivity index (χ1v) is 13.7. The third-order valence-corrected chi connectivity index (χ3v) is 7.76. The quantitative estimate of drug-likeness (QED) is 0.379. The summed E-state index contributed by atoms with van der Waals surface area (Å²) in [5, 5.41) is 27.2. The molecule has 0 bridgehead atoms. The highest BCUT2D eigenvalue weighted by Crippen LogP contribution is 2.31. The molecule has 4 unspecified atom stereocenters. The number of aliphatic hydroxyl groups is 2. The summed E-state index contributed by atoms with van der Waals surface area (Å²) in [6.45, 7) is 5.03. The van der Waals surface area contributed by atoms with Gasteiger partial charge in [-0.25, -0.2) is 4.99 Å². The third-order valence-electron chi connectivity index (χ3n) is 7.76. The molecule has 37 heavy (non-hydrogen) atoms. The number of aliphatic hydroxyl groups excluding tert-OH is 2. The van der Waals surface area contributed by atoms with Gasteiger partial charge in [0.2, 0.25) is 5.90 Å². The van der Waals surface area contributed by atoms with Crippen LogP contribution in [0.1, 0.15) is 62.6 Å². The lowest BCUT2D eigenvalue weighted by Gasteiger charge is -2.33. The van der Waals surface area contributed by atoms with Gasteiger partial charge in [0, 0.05) is 11.8 Å². The van der Waals surface area contributed by atoms with E-state index in [-0.39, 0.29) is 5.76 Å². The third kappa shape index (κ3) is 5.67. The Kier molecular flexibility index (Phi) is 7.80. The average molecular weight is 499 g/mol. The largest absolute Gasteiger partial charge is 0.512 e. The molecular weight excluding hydrogens is 460 g/mol. The minimum absolute atomic E-state index is 0.115. The summed E-state index contributed by atoms with van der Waals surface area (Å²) in [5.74, 6) is 0.544. The normalized spacial score (nSPS) is 23.5. The van der Waals surface area contributed by atoms with Crippen molar-refractivity contribution in [3.8, 4) is 0 Å². The molecule has 5 heteroatoms. The maximum atomic E-state index is 10.7. The van der Waals surface area contributed by atoms with E-state index in [4.69, 9.17) is 9.73 Å². The summed E-state index contributed by atoms with van der Waals surface area (Å²) >= 11 is 0. The molecule has 2 aromatic rings. The van der Waals surface area contributed by atoms with Crippen molar-refractivity contribution in [2.45, 2.75) is 64.6 Å². The van der Waals surface area contributed by atoms with Crippen LogP contribution in [0.3, 0.4) is 0 Å². The van der Waals surface area contributed by atoms with Crippen LogP contribution in [-0.2, 0) is 11.2 Å². The van der Waals surface area contributed by atoms with Crippen LogP contribution in [0.5, 0.6) is 0 Å². The number of fused-ring (bicyclic) bond motifs is 2. The first kappa shape index (κ1) is 25.3. The van der Waals surface area contributed by atoms with Crippen molar-refractivity contribution in [2.75, 3.05) is 6.61 Å². The number of allylic oxidation sites excluding steroid dienone is 3. The Morgan fingerprint density at radius 2 is 2.05 bits per heavy atom. The number of benzene rings is 2. The Bertz CT molecular complexity index is 1290. The fraction of sp³-hybridized carbons (Fsp3) is 0.406. The van der Waals surface area contributed by atoms with Crippen LogP contribution >= 0.6 is 0 Å². The lowest BCUT2D eigenvalue weighted by atomic mass is 9.91. The first-order chi connectivity index (χ1) is 18.1. The lowest BCUT2D eigenvalue weighted by Crippen LogP contribution is -2.43. The average Bonchev–Trinajstić information content (AvgIpc) is 2.91. The van der Waals surface area contributed by atoms with Gasteiger partial charge in [-0.3, -0.25) is 0 Å². The van der Waals surface area contributed by atoms with Gasteiger partial charge in [0.05, 0.1) is 18.6 Å². The maximum Gasteiger partial charge on any atom is 0.212 e. The molecule has 0 aromatic heterocycles. The summed E-state index contributed by atoms with van der Waals surface area (Å²) in [6.07, 6.45) is 16.7. The number of rotatable bonds is 8. The molecule has 194 valence electrons. The molecule has 2 aromatic carbocycles. The van der Waals surface area contributed by atoms with Gasteiger partial charge < -0.3 is 20.3 Å². The van der Waals surface area contributed by atoms with E-state index in [1.54, 1.807) is 18.2 Å². The van der Waals surface area contributed by atoms with Gasteiger partial charge in [-0.2, -0.15) is 0 Å². The smallest absolute Gasteiger partial charge is 0.212 e. The van der Waals surface area contributed by atoms with Crippen LogP contribution in [0.15, 0.2) is 71.5 Å². The predicted octanol–water partition coefficient (Wildman–Crippen LogP) is 6.69. The van der Waals surface area contributed by atoms with Crippen molar-refractivity contribution >= 4 is 28.4 Å².